The molecule has 0 bridgehead atoms. The van der Waals surface area contributed by atoms with E-state index < -0.39 is 17.7 Å². The number of carbonyl (C=O) groups excluding carboxylic acids is 2. The molecule has 1 aromatic carbocycles. The molecular weight excluding hydrogens is 396 g/mol. The van der Waals surface area contributed by atoms with Gasteiger partial charge in [0.1, 0.15) is 11.5 Å². The molecule has 2 aromatic rings. The van der Waals surface area contributed by atoms with E-state index in [0.29, 0.717) is 36.4 Å². The lowest BCUT2D eigenvalue weighted by Crippen LogP contribution is -2.31. The first-order valence-electron chi connectivity index (χ1n) is 10.3. The highest BCUT2D eigenvalue weighted by molar-refractivity contribution is 6.46. The molecule has 1 saturated heterocycles. The Balaban J connectivity index is 2.07. The summed E-state index contributed by atoms with van der Waals surface area (Å²) in [5.74, 6) is -0.845. The van der Waals surface area contributed by atoms with Gasteiger partial charge in [0.2, 0.25) is 0 Å². The fourth-order valence-electron chi connectivity index (χ4n) is 3.71. The van der Waals surface area contributed by atoms with Crippen molar-refractivity contribution >= 4 is 17.4 Å². The van der Waals surface area contributed by atoms with E-state index in [4.69, 9.17) is 9.47 Å². The van der Waals surface area contributed by atoms with Gasteiger partial charge >= 0.3 is 0 Å². The fourth-order valence-corrected chi connectivity index (χ4v) is 3.71. The Morgan fingerprint density at radius 3 is 2.65 bits per heavy atom. The first-order chi connectivity index (χ1) is 14.8. The lowest BCUT2D eigenvalue weighted by atomic mass is 9.95. The summed E-state index contributed by atoms with van der Waals surface area (Å²) in [5, 5.41) is 11.1. The molecule has 1 N–H and O–H groups in total. The summed E-state index contributed by atoms with van der Waals surface area (Å²) in [6.07, 6.45) is 3.82. The molecule has 0 spiro atoms. The zero-order valence-corrected chi connectivity index (χ0v) is 18.3. The number of ketones is 1. The Morgan fingerprint density at radius 2 is 2.03 bits per heavy atom. The van der Waals surface area contributed by atoms with Crippen LogP contribution >= 0.6 is 0 Å². The third-order valence-corrected chi connectivity index (χ3v) is 5.10. The number of pyridine rings is 1. The smallest absolute Gasteiger partial charge is 0.295 e. The molecule has 164 valence electrons. The van der Waals surface area contributed by atoms with Crippen LogP contribution in [0.3, 0.4) is 0 Å². The van der Waals surface area contributed by atoms with Gasteiger partial charge in [-0.3, -0.25) is 14.6 Å². The summed E-state index contributed by atoms with van der Waals surface area (Å²) in [4.78, 5) is 31.4. The zero-order valence-electron chi connectivity index (χ0n) is 18.3. The molecule has 2 heterocycles. The van der Waals surface area contributed by atoms with Crippen molar-refractivity contribution in [1.82, 2.24) is 9.88 Å². The second-order valence-electron chi connectivity index (χ2n) is 7.77. The average molecular weight is 424 g/mol. The Bertz CT molecular complexity index is 985. The Kier molecular flexibility index (Phi) is 7.07. The van der Waals surface area contributed by atoms with Crippen LogP contribution in [0.2, 0.25) is 0 Å². The number of aromatic nitrogens is 1. The third kappa shape index (κ3) is 4.77. The number of likely N-dealkylation sites (tertiary alicyclic amines) is 1. The number of rotatable bonds is 8. The summed E-state index contributed by atoms with van der Waals surface area (Å²) in [7, 11) is 1.59. The number of hydrogen-bond acceptors (Lipinski definition) is 6. The number of amides is 1. The van der Waals surface area contributed by atoms with Crippen LogP contribution in [0.1, 0.15) is 43.0 Å². The molecular formula is C24H28N2O5. The average Bonchev–Trinajstić information content (AvgIpc) is 3.00. The SMILES string of the molecule is COCCCN1C(=O)C(=O)/C(=C(\O)c2ccc(OC(C)C)c(C)c2)C1c1cccnc1. The van der Waals surface area contributed by atoms with E-state index in [2.05, 4.69) is 4.98 Å². The molecule has 0 saturated carbocycles. The lowest BCUT2D eigenvalue weighted by molar-refractivity contribution is -0.140. The summed E-state index contributed by atoms with van der Waals surface area (Å²) >= 11 is 0. The van der Waals surface area contributed by atoms with E-state index in [1.54, 1.807) is 49.8 Å². The molecule has 1 atom stereocenters. The van der Waals surface area contributed by atoms with Crippen molar-refractivity contribution in [3.05, 3.63) is 65.0 Å². The Labute approximate surface area is 182 Å². The lowest BCUT2D eigenvalue weighted by Gasteiger charge is -2.25. The first-order valence-corrected chi connectivity index (χ1v) is 10.3. The number of aliphatic hydroxyl groups excluding tert-OH is 1. The summed E-state index contributed by atoms with van der Waals surface area (Å²) in [6.45, 7) is 6.53. The standard InChI is InChI=1S/C24H28N2O5/c1-15(2)31-19-9-8-17(13-16(19)3)22(27)20-21(18-7-5-10-25-14-18)26(11-6-12-30-4)24(29)23(20)28/h5,7-10,13-15,21,27H,6,11-12H2,1-4H3/b22-20-. The van der Waals surface area contributed by atoms with E-state index in [1.807, 2.05) is 20.8 Å². The maximum absolute atomic E-state index is 13.0. The van der Waals surface area contributed by atoms with Crippen LogP contribution in [0.4, 0.5) is 0 Å². The molecule has 0 radical (unpaired) electrons. The maximum Gasteiger partial charge on any atom is 0.295 e. The van der Waals surface area contributed by atoms with E-state index in [0.717, 1.165) is 5.56 Å². The highest BCUT2D eigenvalue weighted by Gasteiger charge is 2.45. The highest BCUT2D eigenvalue weighted by Crippen LogP contribution is 2.39. The normalized spacial score (nSPS) is 18.1. The number of carbonyl (C=O) groups is 2. The van der Waals surface area contributed by atoms with Gasteiger partial charge in [-0.1, -0.05) is 6.07 Å². The van der Waals surface area contributed by atoms with Gasteiger partial charge in [0.05, 0.1) is 17.7 Å². The Morgan fingerprint density at radius 1 is 1.26 bits per heavy atom. The van der Waals surface area contributed by atoms with Crippen LogP contribution in [0.15, 0.2) is 48.3 Å². The summed E-state index contributed by atoms with van der Waals surface area (Å²) in [6, 6.07) is 8.04. The van der Waals surface area contributed by atoms with Crippen LogP contribution < -0.4 is 4.74 Å². The minimum atomic E-state index is -0.711. The van der Waals surface area contributed by atoms with Gasteiger partial charge in [0, 0.05) is 38.2 Å². The monoisotopic (exact) mass is 424 g/mol. The van der Waals surface area contributed by atoms with Gasteiger partial charge in [-0.05, 0) is 62.6 Å². The van der Waals surface area contributed by atoms with E-state index in [1.165, 1.54) is 4.90 Å². The van der Waals surface area contributed by atoms with Crippen LogP contribution in [0.25, 0.3) is 5.76 Å². The van der Waals surface area contributed by atoms with Crippen molar-refractivity contribution in [3.8, 4) is 5.75 Å². The second-order valence-corrected chi connectivity index (χ2v) is 7.77. The van der Waals surface area contributed by atoms with E-state index in [9.17, 15) is 14.7 Å². The van der Waals surface area contributed by atoms with Crippen LogP contribution in [0, 0.1) is 6.92 Å². The zero-order chi connectivity index (χ0) is 22.5. The second kappa shape index (κ2) is 9.75. The largest absolute Gasteiger partial charge is 0.507 e. The van der Waals surface area contributed by atoms with Crippen molar-refractivity contribution < 1.29 is 24.2 Å². The van der Waals surface area contributed by atoms with Crippen molar-refractivity contribution in [2.24, 2.45) is 0 Å². The molecule has 0 aliphatic carbocycles. The summed E-state index contributed by atoms with van der Waals surface area (Å²) < 4.78 is 10.9. The topological polar surface area (TPSA) is 89.0 Å². The quantitative estimate of drug-likeness (QED) is 0.301. The van der Waals surface area contributed by atoms with Gasteiger partial charge in [0.15, 0.2) is 0 Å². The van der Waals surface area contributed by atoms with Gasteiger partial charge in [-0.15, -0.1) is 0 Å². The number of Topliss-reactive ketones (excluding diaryl/α,β-unsaturated/α-hetero) is 1. The Hall–Kier alpha value is -3.19. The number of nitrogens with zero attached hydrogens (tertiary/aromatic N) is 2. The molecule has 1 amide bonds. The van der Waals surface area contributed by atoms with Crippen molar-refractivity contribution in [3.63, 3.8) is 0 Å². The fraction of sp³-hybridized carbons (Fsp3) is 0.375. The minimum Gasteiger partial charge on any atom is -0.507 e. The van der Waals surface area contributed by atoms with Gasteiger partial charge in [-0.2, -0.15) is 0 Å². The van der Waals surface area contributed by atoms with Gasteiger partial charge in [0.25, 0.3) is 11.7 Å². The van der Waals surface area contributed by atoms with Gasteiger partial charge < -0.3 is 19.5 Å². The van der Waals surface area contributed by atoms with E-state index >= 15 is 0 Å². The number of benzene rings is 1. The van der Waals surface area contributed by atoms with Crippen molar-refractivity contribution in [2.75, 3.05) is 20.3 Å². The predicted molar refractivity (Wildman–Crippen MR) is 117 cm³/mol. The number of aliphatic hydroxyl groups is 1. The van der Waals surface area contributed by atoms with Crippen molar-refractivity contribution in [2.45, 2.75) is 39.3 Å². The molecule has 1 unspecified atom stereocenters. The number of ether oxygens (including phenoxy) is 2. The first kappa shape index (κ1) is 22.5. The molecule has 7 heteroatoms. The minimum absolute atomic E-state index is 0.0150. The number of aryl methyl sites for hydroxylation is 1. The van der Waals surface area contributed by atoms with Crippen LogP contribution in [0.5, 0.6) is 5.75 Å². The third-order valence-electron chi connectivity index (χ3n) is 5.10. The molecule has 1 aliphatic rings. The van der Waals surface area contributed by atoms with Crippen LogP contribution in [-0.2, 0) is 14.3 Å². The molecule has 7 nitrogen and oxygen atoms in total. The van der Waals surface area contributed by atoms with E-state index in [-0.39, 0.29) is 17.4 Å². The molecule has 1 fully saturated rings. The molecule has 1 aromatic heterocycles. The molecule has 31 heavy (non-hydrogen) atoms. The summed E-state index contributed by atoms with van der Waals surface area (Å²) in [5.41, 5.74) is 2.01. The van der Waals surface area contributed by atoms with Gasteiger partial charge in [-0.25, -0.2) is 0 Å². The highest BCUT2D eigenvalue weighted by atomic mass is 16.5. The maximum atomic E-state index is 13.0. The van der Waals surface area contributed by atoms with Crippen LogP contribution in [-0.4, -0.2) is 53.0 Å². The molecule has 1 aliphatic heterocycles. The van der Waals surface area contributed by atoms with Crippen molar-refractivity contribution in [1.29, 1.82) is 0 Å². The number of hydrogen-bond donors (Lipinski definition) is 1. The predicted octanol–water partition coefficient (Wildman–Crippen LogP) is 3.64. The number of methoxy groups -OCH3 is 1. The molecule has 3 rings (SSSR count).